The Morgan fingerprint density at radius 1 is 1.10 bits per heavy atom. The molecule has 1 aliphatic heterocycles. The van der Waals surface area contributed by atoms with Gasteiger partial charge in [-0.2, -0.15) is 0 Å². The highest BCUT2D eigenvalue weighted by Gasteiger charge is 2.75. The highest BCUT2D eigenvalue weighted by atomic mass is 16.6. The van der Waals surface area contributed by atoms with Gasteiger partial charge in [-0.1, -0.05) is 18.6 Å². The number of piperidine rings is 1. The summed E-state index contributed by atoms with van der Waals surface area (Å²) in [6, 6.07) is 8.46. The number of para-hydroxylation sites is 1. The summed E-state index contributed by atoms with van der Waals surface area (Å²) >= 11 is 0. The van der Waals surface area contributed by atoms with Gasteiger partial charge in [0.1, 0.15) is 5.60 Å². The molecule has 0 unspecified atom stereocenters. The zero-order valence-corrected chi connectivity index (χ0v) is 18.0. The molecule has 9 atom stereocenters. The fourth-order valence-electron chi connectivity index (χ4n) is 10.0. The SMILES string of the molecule is CNc1ccccc1C(=O)O[C@@]12CCC[C@@]34[C@@H]5C[C@@H]6CC[C@@H]([C@H]5C6)[C@@H](C[C@H]13)[C@H]4NC2. The van der Waals surface area contributed by atoms with Gasteiger partial charge in [0.15, 0.2) is 0 Å². The predicted molar refractivity (Wildman–Crippen MR) is 116 cm³/mol. The molecule has 1 heterocycles. The molecule has 4 nitrogen and oxygen atoms in total. The van der Waals surface area contributed by atoms with E-state index in [1.54, 1.807) is 0 Å². The van der Waals surface area contributed by atoms with Crippen LogP contribution in [-0.4, -0.2) is 31.2 Å². The Morgan fingerprint density at radius 2 is 2.00 bits per heavy atom. The minimum atomic E-state index is -0.307. The van der Waals surface area contributed by atoms with E-state index in [1.807, 2.05) is 31.3 Å². The summed E-state index contributed by atoms with van der Waals surface area (Å²) in [5.41, 5.74) is 1.63. The summed E-state index contributed by atoms with van der Waals surface area (Å²) in [6.07, 6.45) is 10.8. The number of hydrogen-bond donors (Lipinski definition) is 2. The monoisotopic (exact) mass is 406 g/mol. The number of esters is 1. The normalized spacial score (nSPS) is 49.6. The molecule has 1 spiro atoms. The van der Waals surface area contributed by atoms with Crippen LogP contribution in [0.2, 0.25) is 0 Å². The summed E-state index contributed by atoms with van der Waals surface area (Å²) in [5.74, 6) is 4.99. The molecule has 30 heavy (non-hydrogen) atoms. The third-order valence-corrected chi connectivity index (χ3v) is 10.8. The van der Waals surface area contributed by atoms with Crippen LogP contribution < -0.4 is 10.6 Å². The molecular formula is C26H34N2O2. The molecule has 5 aliphatic carbocycles. The van der Waals surface area contributed by atoms with Crippen LogP contribution in [0.3, 0.4) is 0 Å². The molecule has 0 radical (unpaired) electrons. The first-order valence-corrected chi connectivity index (χ1v) is 12.4. The van der Waals surface area contributed by atoms with Crippen molar-refractivity contribution < 1.29 is 9.53 Å². The number of nitrogens with one attached hydrogen (secondary N) is 2. The van der Waals surface area contributed by atoms with Crippen molar-refractivity contribution in [3.05, 3.63) is 29.8 Å². The maximum absolute atomic E-state index is 13.4. The van der Waals surface area contributed by atoms with Crippen LogP contribution >= 0.6 is 0 Å². The van der Waals surface area contributed by atoms with Gasteiger partial charge in [-0.3, -0.25) is 0 Å². The number of carbonyl (C=O) groups is 1. The van der Waals surface area contributed by atoms with Gasteiger partial charge in [0, 0.05) is 31.2 Å². The Labute approximate surface area is 179 Å². The molecule has 7 rings (SSSR count). The van der Waals surface area contributed by atoms with Gasteiger partial charge in [0.05, 0.1) is 5.56 Å². The zero-order chi connectivity index (χ0) is 20.1. The van der Waals surface area contributed by atoms with Crippen LogP contribution in [0, 0.1) is 40.9 Å². The Bertz CT molecular complexity index is 901. The fourth-order valence-corrected chi connectivity index (χ4v) is 10.0. The van der Waals surface area contributed by atoms with Gasteiger partial charge in [-0.15, -0.1) is 0 Å². The molecule has 6 fully saturated rings. The first-order chi connectivity index (χ1) is 14.7. The maximum Gasteiger partial charge on any atom is 0.340 e. The van der Waals surface area contributed by atoms with Crippen molar-refractivity contribution in [3.63, 3.8) is 0 Å². The summed E-state index contributed by atoms with van der Waals surface area (Å²) in [6.45, 7) is 0.863. The van der Waals surface area contributed by atoms with Crippen LogP contribution in [0.15, 0.2) is 24.3 Å². The molecule has 0 aromatic heterocycles. The van der Waals surface area contributed by atoms with Crippen molar-refractivity contribution >= 4 is 11.7 Å². The molecule has 1 aromatic rings. The first-order valence-electron chi connectivity index (χ1n) is 12.4. The van der Waals surface area contributed by atoms with E-state index in [2.05, 4.69) is 10.6 Å². The Kier molecular flexibility index (Phi) is 3.63. The van der Waals surface area contributed by atoms with E-state index in [0.29, 0.717) is 22.9 Å². The van der Waals surface area contributed by atoms with Crippen molar-refractivity contribution in [3.8, 4) is 0 Å². The Balaban J connectivity index is 1.28. The minimum absolute atomic E-state index is 0.136. The lowest BCUT2D eigenvalue weighted by Gasteiger charge is -2.63. The van der Waals surface area contributed by atoms with Crippen LogP contribution in [0.4, 0.5) is 5.69 Å². The third kappa shape index (κ3) is 2.05. The lowest BCUT2D eigenvalue weighted by atomic mass is 9.48. The molecule has 7 bridgehead atoms. The largest absolute Gasteiger partial charge is 0.454 e. The summed E-state index contributed by atoms with van der Waals surface area (Å²) < 4.78 is 6.60. The van der Waals surface area contributed by atoms with E-state index in [0.717, 1.165) is 48.2 Å². The average molecular weight is 407 g/mol. The second kappa shape index (κ2) is 6.03. The Hall–Kier alpha value is -1.55. The first kappa shape index (κ1) is 18.1. The van der Waals surface area contributed by atoms with Crippen LogP contribution in [0.5, 0.6) is 0 Å². The smallest absolute Gasteiger partial charge is 0.340 e. The number of fused-ring (bicyclic) bond motifs is 2. The zero-order valence-electron chi connectivity index (χ0n) is 18.0. The molecule has 6 aliphatic rings. The van der Waals surface area contributed by atoms with E-state index in [9.17, 15) is 4.79 Å². The predicted octanol–water partition coefficient (Wildman–Crippen LogP) is 4.47. The Morgan fingerprint density at radius 3 is 2.90 bits per heavy atom. The van der Waals surface area contributed by atoms with Crippen molar-refractivity contribution in [2.75, 3.05) is 18.9 Å². The average Bonchev–Trinajstić information content (AvgIpc) is 3.20. The summed E-state index contributed by atoms with van der Waals surface area (Å²) in [5, 5.41) is 7.20. The highest BCUT2D eigenvalue weighted by molar-refractivity contribution is 5.95. The van der Waals surface area contributed by atoms with Crippen molar-refractivity contribution in [1.29, 1.82) is 0 Å². The standard InChI is InChI=1S/C26H34N2O2/c1-27-21-6-3-2-5-17(21)24(29)30-25-9-4-10-26-20-12-15-7-8-16(18(20)11-15)19(13-22(25)26)23(26)28-14-25/h2-3,5-6,15-16,18-20,22-23,27-28H,4,7-14H2,1H3/t15-,16+,18-,19-,20-,22-,23-,25-,26-/m1/s1. The molecule has 1 aromatic carbocycles. The van der Waals surface area contributed by atoms with Crippen molar-refractivity contribution in [1.82, 2.24) is 5.32 Å². The van der Waals surface area contributed by atoms with Gasteiger partial charge >= 0.3 is 5.97 Å². The third-order valence-electron chi connectivity index (χ3n) is 10.8. The fraction of sp³-hybridized carbons (Fsp3) is 0.731. The lowest BCUT2D eigenvalue weighted by molar-refractivity contribution is -0.170. The van der Waals surface area contributed by atoms with Gasteiger partial charge in [-0.25, -0.2) is 4.79 Å². The molecule has 0 amide bonds. The van der Waals surface area contributed by atoms with Crippen molar-refractivity contribution in [2.45, 2.75) is 63.0 Å². The molecule has 160 valence electrons. The summed E-state index contributed by atoms with van der Waals surface area (Å²) in [4.78, 5) is 13.4. The van der Waals surface area contributed by atoms with Crippen LogP contribution in [0.1, 0.15) is 61.7 Å². The number of anilines is 1. The molecule has 2 N–H and O–H groups in total. The van der Waals surface area contributed by atoms with Gasteiger partial charge < -0.3 is 15.4 Å². The number of rotatable bonds is 3. The lowest BCUT2D eigenvalue weighted by Crippen LogP contribution is -2.70. The van der Waals surface area contributed by atoms with E-state index in [4.69, 9.17) is 4.74 Å². The number of carbonyl (C=O) groups excluding carboxylic acids is 1. The second-order valence-electron chi connectivity index (χ2n) is 11.4. The summed E-state index contributed by atoms with van der Waals surface area (Å²) in [7, 11) is 1.88. The molecule has 5 saturated carbocycles. The number of ether oxygens (including phenoxy) is 1. The topological polar surface area (TPSA) is 50.4 Å². The number of hydrogen-bond acceptors (Lipinski definition) is 4. The molecular weight excluding hydrogens is 372 g/mol. The van der Waals surface area contributed by atoms with Gasteiger partial charge in [0.25, 0.3) is 0 Å². The maximum atomic E-state index is 13.4. The molecule has 4 heteroatoms. The van der Waals surface area contributed by atoms with E-state index in [-0.39, 0.29) is 11.6 Å². The highest BCUT2D eigenvalue weighted by Crippen LogP contribution is 2.75. The second-order valence-corrected chi connectivity index (χ2v) is 11.4. The number of benzene rings is 1. The van der Waals surface area contributed by atoms with Gasteiger partial charge in [-0.05, 0) is 92.1 Å². The van der Waals surface area contributed by atoms with E-state index < -0.39 is 0 Å². The quantitative estimate of drug-likeness (QED) is 0.728. The molecule has 1 saturated heterocycles. The van der Waals surface area contributed by atoms with Gasteiger partial charge in [0.2, 0.25) is 0 Å². The van der Waals surface area contributed by atoms with E-state index in [1.165, 1.54) is 44.9 Å². The van der Waals surface area contributed by atoms with Crippen LogP contribution in [-0.2, 0) is 4.74 Å². The van der Waals surface area contributed by atoms with Crippen LogP contribution in [0.25, 0.3) is 0 Å². The van der Waals surface area contributed by atoms with Crippen molar-refractivity contribution in [2.24, 2.45) is 40.9 Å². The minimum Gasteiger partial charge on any atom is -0.454 e. The van der Waals surface area contributed by atoms with E-state index >= 15 is 0 Å².